The zero-order valence-corrected chi connectivity index (χ0v) is 13.5. The third-order valence-electron chi connectivity index (χ3n) is 3.27. The summed E-state index contributed by atoms with van der Waals surface area (Å²) in [7, 11) is 0. The van der Waals surface area contributed by atoms with Gasteiger partial charge in [-0.2, -0.15) is 0 Å². The van der Waals surface area contributed by atoms with E-state index >= 15 is 0 Å². The van der Waals surface area contributed by atoms with Crippen molar-refractivity contribution in [2.75, 3.05) is 10.6 Å². The van der Waals surface area contributed by atoms with Crippen LogP contribution in [0, 0.1) is 0 Å². The minimum Gasteiger partial charge on any atom is -0.326 e. The predicted octanol–water partition coefficient (Wildman–Crippen LogP) is 4.16. The molecule has 4 heteroatoms. The first-order chi connectivity index (χ1) is 10.9. The van der Waals surface area contributed by atoms with Gasteiger partial charge in [0.2, 0.25) is 11.8 Å². The van der Waals surface area contributed by atoms with Crippen molar-refractivity contribution in [2.45, 2.75) is 20.8 Å². The van der Waals surface area contributed by atoms with Crippen molar-refractivity contribution in [2.24, 2.45) is 0 Å². The van der Waals surface area contributed by atoms with Gasteiger partial charge in [0.15, 0.2) is 0 Å². The molecule has 0 aromatic heterocycles. The molecule has 0 radical (unpaired) electrons. The number of hydrogen-bond acceptors (Lipinski definition) is 2. The number of carbonyl (C=O) groups is 2. The van der Waals surface area contributed by atoms with E-state index in [4.69, 9.17) is 0 Å². The highest BCUT2D eigenvalue weighted by atomic mass is 16.2. The third kappa shape index (κ3) is 5.11. The van der Waals surface area contributed by atoms with Gasteiger partial charge >= 0.3 is 0 Å². The van der Waals surface area contributed by atoms with Crippen LogP contribution >= 0.6 is 0 Å². The molecule has 0 spiro atoms. The first-order valence-corrected chi connectivity index (χ1v) is 7.38. The average molecular weight is 308 g/mol. The molecule has 0 saturated carbocycles. The van der Waals surface area contributed by atoms with Crippen molar-refractivity contribution in [1.29, 1.82) is 0 Å². The monoisotopic (exact) mass is 308 g/mol. The summed E-state index contributed by atoms with van der Waals surface area (Å²) in [6.45, 7) is 5.02. The number of allylic oxidation sites excluding steroid dienone is 1. The number of anilines is 2. The molecule has 118 valence electrons. The molecule has 2 rings (SSSR count). The lowest BCUT2D eigenvalue weighted by Gasteiger charge is -2.06. The lowest BCUT2D eigenvalue weighted by Crippen LogP contribution is -2.05. The van der Waals surface area contributed by atoms with Crippen molar-refractivity contribution in [1.82, 2.24) is 0 Å². The van der Waals surface area contributed by atoms with Crippen LogP contribution in [-0.2, 0) is 9.59 Å². The standard InChI is InChI=1S/C19H20N2O2/c1-13(17-6-10-19(11-7-17)21-15(3)23)12-16-4-8-18(9-5-16)20-14(2)22/h4-12H,1-3H3,(H,20,22)(H,21,23). The van der Waals surface area contributed by atoms with Crippen molar-refractivity contribution >= 4 is 34.8 Å². The summed E-state index contributed by atoms with van der Waals surface area (Å²) in [5.41, 5.74) is 4.83. The highest BCUT2D eigenvalue weighted by Gasteiger charge is 2.00. The minimum absolute atomic E-state index is 0.0794. The molecule has 0 bridgehead atoms. The van der Waals surface area contributed by atoms with Crippen LogP contribution in [0.1, 0.15) is 31.9 Å². The molecule has 2 aromatic rings. The largest absolute Gasteiger partial charge is 0.326 e. The molecule has 0 unspecified atom stereocenters. The molecule has 0 aliphatic heterocycles. The zero-order valence-electron chi connectivity index (χ0n) is 13.5. The molecular formula is C19H20N2O2. The van der Waals surface area contributed by atoms with Gasteiger partial charge in [-0.3, -0.25) is 9.59 Å². The highest BCUT2D eigenvalue weighted by molar-refractivity contribution is 5.90. The van der Waals surface area contributed by atoms with E-state index in [2.05, 4.69) is 16.7 Å². The van der Waals surface area contributed by atoms with Crippen molar-refractivity contribution in [3.63, 3.8) is 0 Å². The Morgan fingerprint density at radius 2 is 1.17 bits per heavy atom. The van der Waals surface area contributed by atoms with Gasteiger partial charge < -0.3 is 10.6 Å². The van der Waals surface area contributed by atoms with E-state index in [0.29, 0.717) is 0 Å². The van der Waals surface area contributed by atoms with Crippen LogP contribution in [0.2, 0.25) is 0 Å². The molecular weight excluding hydrogens is 288 g/mol. The zero-order chi connectivity index (χ0) is 16.8. The molecule has 0 fully saturated rings. The Bertz CT molecular complexity index is 729. The number of amides is 2. The average Bonchev–Trinajstić information content (AvgIpc) is 2.49. The van der Waals surface area contributed by atoms with Gasteiger partial charge in [0, 0.05) is 25.2 Å². The molecule has 0 aliphatic carbocycles. The molecule has 0 aliphatic rings. The van der Waals surface area contributed by atoms with Gasteiger partial charge in [0.05, 0.1) is 0 Å². The van der Waals surface area contributed by atoms with Crippen LogP contribution in [0.15, 0.2) is 48.5 Å². The summed E-state index contributed by atoms with van der Waals surface area (Å²) in [4.78, 5) is 22.0. The molecule has 0 atom stereocenters. The van der Waals surface area contributed by atoms with Crippen molar-refractivity contribution in [3.05, 3.63) is 59.7 Å². The third-order valence-corrected chi connectivity index (χ3v) is 3.27. The minimum atomic E-state index is -0.0799. The van der Waals surface area contributed by atoms with E-state index < -0.39 is 0 Å². The van der Waals surface area contributed by atoms with Crippen LogP contribution in [0.3, 0.4) is 0 Å². The fourth-order valence-electron chi connectivity index (χ4n) is 2.22. The Morgan fingerprint density at radius 3 is 1.61 bits per heavy atom. The second-order valence-electron chi connectivity index (χ2n) is 5.39. The maximum absolute atomic E-state index is 11.0. The van der Waals surface area contributed by atoms with Crippen molar-refractivity contribution < 1.29 is 9.59 Å². The number of hydrogen-bond donors (Lipinski definition) is 2. The number of benzene rings is 2. The van der Waals surface area contributed by atoms with E-state index in [-0.39, 0.29) is 11.8 Å². The molecule has 4 nitrogen and oxygen atoms in total. The van der Waals surface area contributed by atoms with Gasteiger partial charge in [-0.1, -0.05) is 30.3 Å². The Balaban J connectivity index is 2.12. The van der Waals surface area contributed by atoms with Crippen LogP contribution < -0.4 is 10.6 Å². The Labute approximate surface area is 136 Å². The predicted molar refractivity (Wildman–Crippen MR) is 95.0 cm³/mol. The van der Waals surface area contributed by atoms with Crippen molar-refractivity contribution in [3.8, 4) is 0 Å². The summed E-state index contributed by atoms with van der Waals surface area (Å²) in [6.07, 6.45) is 2.07. The number of nitrogens with one attached hydrogen (secondary N) is 2. The smallest absolute Gasteiger partial charge is 0.221 e. The second-order valence-corrected chi connectivity index (χ2v) is 5.39. The SMILES string of the molecule is CC(=O)Nc1ccc(C=C(C)c2ccc(NC(C)=O)cc2)cc1. The van der Waals surface area contributed by atoms with Gasteiger partial charge in [-0.05, 0) is 47.9 Å². The van der Waals surface area contributed by atoms with E-state index in [1.54, 1.807) is 0 Å². The topological polar surface area (TPSA) is 58.2 Å². The lowest BCUT2D eigenvalue weighted by molar-refractivity contribution is -0.115. The summed E-state index contributed by atoms with van der Waals surface area (Å²) in [5, 5.41) is 5.49. The van der Waals surface area contributed by atoms with E-state index in [1.807, 2.05) is 55.5 Å². The molecule has 0 saturated heterocycles. The fourth-order valence-corrected chi connectivity index (χ4v) is 2.22. The number of carbonyl (C=O) groups excluding carboxylic acids is 2. The Kier molecular flexibility index (Phi) is 5.31. The summed E-state index contributed by atoms with van der Waals surface area (Å²) in [6, 6.07) is 15.4. The second kappa shape index (κ2) is 7.40. The molecule has 2 N–H and O–H groups in total. The maximum atomic E-state index is 11.0. The van der Waals surface area contributed by atoms with E-state index in [9.17, 15) is 9.59 Å². The van der Waals surface area contributed by atoms with Crippen LogP contribution in [0.4, 0.5) is 11.4 Å². The van der Waals surface area contributed by atoms with Crippen LogP contribution in [-0.4, -0.2) is 11.8 Å². The fraction of sp³-hybridized carbons (Fsp3) is 0.158. The summed E-state index contributed by atoms with van der Waals surface area (Å²) in [5.74, 6) is -0.159. The number of rotatable bonds is 4. The summed E-state index contributed by atoms with van der Waals surface area (Å²) < 4.78 is 0. The van der Waals surface area contributed by atoms with Gasteiger partial charge in [-0.25, -0.2) is 0 Å². The van der Waals surface area contributed by atoms with Crippen LogP contribution in [0.5, 0.6) is 0 Å². The normalized spacial score (nSPS) is 11.0. The Hall–Kier alpha value is -2.88. The van der Waals surface area contributed by atoms with Crippen LogP contribution in [0.25, 0.3) is 11.6 Å². The molecule has 2 amide bonds. The molecule has 23 heavy (non-hydrogen) atoms. The lowest BCUT2D eigenvalue weighted by atomic mass is 10.0. The van der Waals surface area contributed by atoms with Gasteiger partial charge in [0.25, 0.3) is 0 Å². The van der Waals surface area contributed by atoms with Gasteiger partial charge in [-0.15, -0.1) is 0 Å². The maximum Gasteiger partial charge on any atom is 0.221 e. The van der Waals surface area contributed by atoms with E-state index in [1.165, 1.54) is 13.8 Å². The molecule has 2 aromatic carbocycles. The Morgan fingerprint density at radius 1 is 0.739 bits per heavy atom. The summed E-state index contributed by atoms with van der Waals surface area (Å²) >= 11 is 0. The first-order valence-electron chi connectivity index (χ1n) is 7.38. The molecule has 0 heterocycles. The van der Waals surface area contributed by atoms with Gasteiger partial charge in [0.1, 0.15) is 0 Å². The first kappa shape index (κ1) is 16.5. The highest BCUT2D eigenvalue weighted by Crippen LogP contribution is 2.20. The van der Waals surface area contributed by atoms with E-state index in [0.717, 1.165) is 28.1 Å². The quantitative estimate of drug-likeness (QED) is 0.833.